The van der Waals surface area contributed by atoms with E-state index in [1.807, 2.05) is 6.07 Å². The zero-order valence-electron chi connectivity index (χ0n) is 7.43. The van der Waals surface area contributed by atoms with Crippen LogP contribution >= 0.6 is 15.9 Å². The van der Waals surface area contributed by atoms with Gasteiger partial charge in [0.05, 0.1) is 4.47 Å². The highest BCUT2D eigenvalue weighted by molar-refractivity contribution is 9.10. The zero-order chi connectivity index (χ0) is 9.14. The molecule has 0 spiro atoms. The molecule has 0 bridgehead atoms. The van der Waals surface area contributed by atoms with E-state index < -0.39 is 0 Å². The van der Waals surface area contributed by atoms with E-state index in [-0.39, 0.29) is 0 Å². The molecule has 0 aliphatic carbocycles. The molecule has 12 heavy (non-hydrogen) atoms. The second-order valence-electron chi connectivity index (χ2n) is 2.87. The Morgan fingerprint density at radius 1 is 1.50 bits per heavy atom. The number of hydrogen-bond acceptors (Lipinski definition) is 2. The molecule has 2 N–H and O–H groups in total. The van der Waals surface area contributed by atoms with E-state index >= 15 is 0 Å². The third-order valence-corrected chi connectivity index (χ3v) is 2.71. The van der Waals surface area contributed by atoms with Crippen molar-refractivity contribution in [3.05, 3.63) is 16.3 Å². The summed E-state index contributed by atoms with van der Waals surface area (Å²) < 4.78 is 6.38. The van der Waals surface area contributed by atoms with Gasteiger partial charge in [0.15, 0.2) is 5.88 Å². The van der Waals surface area contributed by atoms with Gasteiger partial charge in [-0.3, -0.25) is 0 Å². The van der Waals surface area contributed by atoms with Gasteiger partial charge >= 0.3 is 0 Å². The van der Waals surface area contributed by atoms with Crippen LogP contribution in [0.5, 0.6) is 0 Å². The third-order valence-electron chi connectivity index (χ3n) is 2.09. The molecular formula is C9H14BrNO. The van der Waals surface area contributed by atoms with Gasteiger partial charge in [-0.25, -0.2) is 0 Å². The molecule has 0 atom stereocenters. The van der Waals surface area contributed by atoms with Crippen molar-refractivity contribution in [2.75, 3.05) is 5.73 Å². The van der Waals surface area contributed by atoms with Crippen molar-refractivity contribution < 1.29 is 4.42 Å². The van der Waals surface area contributed by atoms with Crippen molar-refractivity contribution in [3.8, 4) is 0 Å². The Balaban J connectivity index is 2.91. The van der Waals surface area contributed by atoms with E-state index in [0.29, 0.717) is 11.8 Å². The highest BCUT2D eigenvalue weighted by atomic mass is 79.9. The summed E-state index contributed by atoms with van der Waals surface area (Å²) in [6.07, 6.45) is 2.17. The second-order valence-corrected chi connectivity index (χ2v) is 3.73. The highest BCUT2D eigenvalue weighted by Crippen LogP contribution is 2.33. The van der Waals surface area contributed by atoms with Gasteiger partial charge in [0.1, 0.15) is 5.76 Å². The van der Waals surface area contributed by atoms with Crippen LogP contribution in [0.25, 0.3) is 0 Å². The third kappa shape index (κ3) is 1.83. The summed E-state index contributed by atoms with van der Waals surface area (Å²) in [7, 11) is 0. The molecule has 1 aromatic heterocycles. The van der Waals surface area contributed by atoms with E-state index in [9.17, 15) is 0 Å². The van der Waals surface area contributed by atoms with Gasteiger partial charge in [-0.1, -0.05) is 13.8 Å². The SMILES string of the molecule is CCC(CC)c1oc(N)cc1Br. The Kier molecular flexibility index (Phi) is 3.20. The van der Waals surface area contributed by atoms with Gasteiger partial charge < -0.3 is 10.2 Å². The standard InChI is InChI=1S/C9H14BrNO/c1-3-6(4-2)9-7(10)5-8(11)12-9/h5-6H,3-4,11H2,1-2H3. The van der Waals surface area contributed by atoms with Crippen molar-refractivity contribution in [2.45, 2.75) is 32.6 Å². The number of hydrogen-bond donors (Lipinski definition) is 1. The molecule has 0 amide bonds. The average molecular weight is 232 g/mol. The van der Waals surface area contributed by atoms with Gasteiger partial charge in [0, 0.05) is 12.0 Å². The van der Waals surface area contributed by atoms with Gasteiger partial charge in [-0.05, 0) is 28.8 Å². The fraction of sp³-hybridized carbons (Fsp3) is 0.556. The molecule has 0 saturated carbocycles. The molecule has 1 aromatic rings. The maximum atomic E-state index is 5.53. The Hall–Kier alpha value is -0.440. The van der Waals surface area contributed by atoms with Crippen LogP contribution in [0, 0.1) is 0 Å². The van der Waals surface area contributed by atoms with Crippen LogP contribution in [0.15, 0.2) is 15.0 Å². The van der Waals surface area contributed by atoms with Crippen LogP contribution in [-0.4, -0.2) is 0 Å². The number of halogens is 1. The van der Waals surface area contributed by atoms with Gasteiger partial charge in [0.25, 0.3) is 0 Å². The van der Waals surface area contributed by atoms with Crippen LogP contribution in [0.3, 0.4) is 0 Å². The highest BCUT2D eigenvalue weighted by Gasteiger charge is 2.15. The van der Waals surface area contributed by atoms with Crippen molar-refractivity contribution in [2.24, 2.45) is 0 Å². The first kappa shape index (κ1) is 9.65. The fourth-order valence-electron chi connectivity index (χ4n) is 1.34. The fourth-order valence-corrected chi connectivity index (χ4v) is 1.97. The Morgan fingerprint density at radius 2 is 2.08 bits per heavy atom. The molecule has 0 aromatic carbocycles. The van der Waals surface area contributed by atoms with Gasteiger partial charge in [0.2, 0.25) is 0 Å². The summed E-state index contributed by atoms with van der Waals surface area (Å²) in [4.78, 5) is 0. The maximum Gasteiger partial charge on any atom is 0.191 e. The lowest BCUT2D eigenvalue weighted by Gasteiger charge is -2.08. The minimum atomic E-state index is 0.483. The topological polar surface area (TPSA) is 39.2 Å². The zero-order valence-corrected chi connectivity index (χ0v) is 9.02. The summed E-state index contributed by atoms with van der Waals surface area (Å²) in [6.45, 7) is 4.30. The predicted molar refractivity (Wildman–Crippen MR) is 54.1 cm³/mol. The number of nitrogens with two attached hydrogens (primary N) is 1. The normalized spacial score (nSPS) is 11.0. The summed E-state index contributed by atoms with van der Waals surface area (Å²) >= 11 is 3.43. The second kappa shape index (κ2) is 3.99. The van der Waals surface area contributed by atoms with E-state index in [2.05, 4.69) is 29.8 Å². The first-order valence-corrected chi connectivity index (χ1v) is 5.03. The largest absolute Gasteiger partial charge is 0.444 e. The number of furan rings is 1. The van der Waals surface area contributed by atoms with Gasteiger partial charge in [-0.2, -0.15) is 0 Å². The first-order chi connectivity index (χ1) is 5.69. The molecule has 2 nitrogen and oxygen atoms in total. The summed E-state index contributed by atoms with van der Waals surface area (Å²) in [5.41, 5.74) is 5.53. The number of rotatable bonds is 3. The molecule has 0 aliphatic heterocycles. The van der Waals surface area contributed by atoms with E-state index in [4.69, 9.17) is 10.2 Å². The van der Waals surface area contributed by atoms with Gasteiger partial charge in [-0.15, -0.1) is 0 Å². The van der Waals surface area contributed by atoms with Crippen LogP contribution < -0.4 is 5.73 Å². The minimum absolute atomic E-state index is 0.483. The molecule has 3 heteroatoms. The maximum absolute atomic E-state index is 5.53. The van der Waals surface area contributed by atoms with E-state index in [0.717, 1.165) is 23.1 Å². The lowest BCUT2D eigenvalue weighted by atomic mass is 10.0. The van der Waals surface area contributed by atoms with Crippen molar-refractivity contribution in [1.29, 1.82) is 0 Å². The number of anilines is 1. The Labute approximate surface area is 81.3 Å². The van der Waals surface area contributed by atoms with E-state index in [1.165, 1.54) is 0 Å². The molecule has 1 heterocycles. The van der Waals surface area contributed by atoms with Crippen molar-refractivity contribution in [3.63, 3.8) is 0 Å². The Morgan fingerprint density at radius 3 is 2.42 bits per heavy atom. The van der Waals surface area contributed by atoms with Crippen LogP contribution in [0.2, 0.25) is 0 Å². The first-order valence-electron chi connectivity index (χ1n) is 4.23. The Bertz CT molecular complexity index is 253. The molecule has 1 rings (SSSR count). The van der Waals surface area contributed by atoms with Crippen molar-refractivity contribution in [1.82, 2.24) is 0 Å². The molecule has 0 saturated heterocycles. The molecule has 0 radical (unpaired) electrons. The summed E-state index contributed by atoms with van der Waals surface area (Å²) in [6, 6.07) is 1.81. The predicted octanol–water partition coefficient (Wildman–Crippen LogP) is 3.53. The molecule has 0 unspecified atom stereocenters. The lowest BCUT2D eigenvalue weighted by molar-refractivity contribution is 0.456. The molecule has 68 valence electrons. The summed E-state index contributed by atoms with van der Waals surface area (Å²) in [5, 5.41) is 0. The minimum Gasteiger partial charge on any atom is -0.444 e. The monoisotopic (exact) mass is 231 g/mol. The van der Waals surface area contributed by atoms with Crippen LogP contribution in [-0.2, 0) is 0 Å². The van der Waals surface area contributed by atoms with Crippen molar-refractivity contribution >= 4 is 21.8 Å². The molecular weight excluding hydrogens is 218 g/mol. The van der Waals surface area contributed by atoms with E-state index in [1.54, 1.807) is 0 Å². The molecule has 0 aliphatic rings. The number of nitrogen functional groups attached to an aromatic ring is 1. The average Bonchev–Trinajstić information content (AvgIpc) is 2.34. The smallest absolute Gasteiger partial charge is 0.191 e. The quantitative estimate of drug-likeness (QED) is 0.865. The summed E-state index contributed by atoms with van der Waals surface area (Å²) in [5.74, 6) is 1.96. The van der Waals surface area contributed by atoms with Crippen LogP contribution in [0.1, 0.15) is 38.4 Å². The lowest BCUT2D eigenvalue weighted by Crippen LogP contribution is -1.93. The molecule has 0 fully saturated rings. The van der Waals surface area contributed by atoms with Crippen LogP contribution in [0.4, 0.5) is 5.88 Å².